The van der Waals surface area contributed by atoms with Crippen LogP contribution >= 0.6 is 0 Å². The van der Waals surface area contributed by atoms with Gasteiger partial charge in [0.05, 0.1) is 11.2 Å². The molecule has 0 aliphatic carbocycles. The van der Waals surface area contributed by atoms with Crippen molar-refractivity contribution in [3.05, 3.63) is 84.4 Å². The first-order chi connectivity index (χ1) is 13.3. The maximum atomic E-state index is 9.55. The minimum Gasteiger partial charge on any atom is -0.423 e. The lowest BCUT2D eigenvalue weighted by atomic mass is 9.80. The average Bonchev–Trinajstić information content (AvgIpc) is 3.06. The topological polar surface area (TPSA) is 45.4 Å². The number of benzene rings is 3. The van der Waals surface area contributed by atoms with E-state index >= 15 is 0 Å². The van der Waals surface area contributed by atoms with E-state index in [4.69, 9.17) is 0 Å². The van der Waals surface area contributed by atoms with Gasteiger partial charge in [-0.25, -0.2) is 0 Å². The van der Waals surface area contributed by atoms with Crippen LogP contribution in [0.1, 0.15) is 26.3 Å². The monoisotopic (exact) mass is 369 g/mol. The normalized spacial score (nSPS) is 11.8. The second kappa shape index (κ2) is 6.97. The fourth-order valence-corrected chi connectivity index (χ4v) is 3.60. The molecule has 0 radical (unpaired) electrons. The van der Waals surface area contributed by atoms with Crippen molar-refractivity contribution in [1.82, 2.24) is 4.57 Å². The van der Waals surface area contributed by atoms with Gasteiger partial charge in [-0.15, -0.1) is 0 Å². The van der Waals surface area contributed by atoms with E-state index in [1.165, 1.54) is 5.56 Å². The molecule has 0 aliphatic heterocycles. The number of hydrogen-bond donors (Lipinski definition) is 2. The van der Waals surface area contributed by atoms with Gasteiger partial charge in [-0.2, -0.15) is 0 Å². The van der Waals surface area contributed by atoms with Gasteiger partial charge in [0.25, 0.3) is 0 Å². The third-order valence-corrected chi connectivity index (χ3v) is 5.18. The molecule has 0 spiro atoms. The third kappa shape index (κ3) is 3.37. The number of nitrogens with zero attached hydrogens (tertiary/aromatic N) is 1. The Hall–Kier alpha value is -2.82. The molecule has 0 fully saturated rings. The Labute approximate surface area is 166 Å². The van der Waals surface area contributed by atoms with E-state index in [1.54, 1.807) is 6.07 Å². The fourth-order valence-electron chi connectivity index (χ4n) is 3.60. The first-order valence-corrected chi connectivity index (χ1v) is 9.52. The number of rotatable bonds is 3. The van der Waals surface area contributed by atoms with Gasteiger partial charge in [0.1, 0.15) is 0 Å². The van der Waals surface area contributed by atoms with Gasteiger partial charge >= 0.3 is 7.12 Å². The van der Waals surface area contributed by atoms with Crippen molar-refractivity contribution in [2.45, 2.75) is 26.2 Å². The maximum Gasteiger partial charge on any atom is 0.488 e. The van der Waals surface area contributed by atoms with Crippen molar-refractivity contribution in [3.8, 4) is 16.9 Å². The van der Waals surface area contributed by atoms with E-state index in [0.29, 0.717) is 5.46 Å². The van der Waals surface area contributed by atoms with Crippen LogP contribution in [0.5, 0.6) is 0 Å². The molecule has 1 heterocycles. The number of fused-ring (bicyclic) bond motifs is 1. The molecule has 140 valence electrons. The second-order valence-electron chi connectivity index (χ2n) is 8.22. The summed E-state index contributed by atoms with van der Waals surface area (Å²) in [6, 6.07) is 26.6. The highest BCUT2D eigenvalue weighted by atomic mass is 16.4. The Morgan fingerprint density at radius 1 is 0.786 bits per heavy atom. The first kappa shape index (κ1) is 18.5. The molecule has 4 heteroatoms. The summed E-state index contributed by atoms with van der Waals surface area (Å²) in [5, 5.41) is 20.1. The molecule has 28 heavy (non-hydrogen) atoms. The Bertz CT molecular complexity index is 1110. The third-order valence-electron chi connectivity index (χ3n) is 5.18. The average molecular weight is 369 g/mol. The van der Waals surface area contributed by atoms with Crippen molar-refractivity contribution >= 4 is 23.5 Å². The summed E-state index contributed by atoms with van der Waals surface area (Å²) < 4.78 is 2.23. The van der Waals surface area contributed by atoms with Gasteiger partial charge in [0, 0.05) is 11.1 Å². The molecular formula is C24H24BNO2. The molecule has 0 saturated carbocycles. The molecule has 3 aromatic carbocycles. The van der Waals surface area contributed by atoms with Crippen LogP contribution < -0.4 is 5.46 Å². The van der Waals surface area contributed by atoms with E-state index in [1.807, 2.05) is 30.3 Å². The summed E-state index contributed by atoms with van der Waals surface area (Å²) in [5.74, 6) is 0. The number of hydrogen-bond acceptors (Lipinski definition) is 2. The molecule has 0 bridgehead atoms. The summed E-state index contributed by atoms with van der Waals surface area (Å²) in [7, 11) is -1.47. The predicted octanol–water partition coefficient (Wildman–Crippen LogP) is 4.27. The van der Waals surface area contributed by atoms with Gasteiger partial charge in [-0.3, -0.25) is 0 Å². The van der Waals surface area contributed by atoms with Crippen LogP contribution in [0.3, 0.4) is 0 Å². The molecular weight excluding hydrogens is 345 g/mol. The summed E-state index contributed by atoms with van der Waals surface area (Å²) in [4.78, 5) is 0. The van der Waals surface area contributed by atoms with Gasteiger partial charge in [-0.1, -0.05) is 75.4 Å². The van der Waals surface area contributed by atoms with Gasteiger partial charge in [0.15, 0.2) is 0 Å². The lowest BCUT2D eigenvalue weighted by Gasteiger charge is -2.20. The Kier molecular flexibility index (Phi) is 4.62. The number of aromatic nitrogens is 1. The molecule has 0 atom stereocenters. The summed E-state index contributed by atoms with van der Waals surface area (Å²) in [6.45, 7) is 6.64. The SMILES string of the molecule is CC(C)(C)c1ccc(-n2c(-c3ccccc3)cc3cc(B(O)O)ccc32)cc1. The van der Waals surface area contributed by atoms with Crippen LogP contribution in [0, 0.1) is 0 Å². The first-order valence-electron chi connectivity index (χ1n) is 9.52. The van der Waals surface area contributed by atoms with Gasteiger partial charge in [-0.05, 0) is 46.3 Å². The maximum absolute atomic E-state index is 9.55. The van der Waals surface area contributed by atoms with Crippen molar-refractivity contribution in [2.75, 3.05) is 0 Å². The predicted molar refractivity (Wildman–Crippen MR) is 117 cm³/mol. The molecule has 0 unspecified atom stereocenters. The molecule has 2 N–H and O–H groups in total. The molecule has 3 nitrogen and oxygen atoms in total. The fraction of sp³-hybridized carbons (Fsp3) is 0.167. The van der Waals surface area contributed by atoms with Gasteiger partial charge in [0.2, 0.25) is 0 Å². The highest BCUT2D eigenvalue weighted by Gasteiger charge is 2.18. The highest BCUT2D eigenvalue weighted by molar-refractivity contribution is 6.58. The van der Waals surface area contributed by atoms with Crippen molar-refractivity contribution in [3.63, 3.8) is 0 Å². The Morgan fingerprint density at radius 3 is 2.07 bits per heavy atom. The van der Waals surface area contributed by atoms with Crippen molar-refractivity contribution in [2.24, 2.45) is 0 Å². The Morgan fingerprint density at radius 2 is 1.46 bits per heavy atom. The van der Waals surface area contributed by atoms with E-state index in [0.717, 1.165) is 27.8 Å². The summed E-state index contributed by atoms with van der Waals surface area (Å²) in [6.07, 6.45) is 0. The summed E-state index contributed by atoms with van der Waals surface area (Å²) >= 11 is 0. The lowest BCUT2D eigenvalue weighted by molar-refractivity contribution is 0.426. The van der Waals surface area contributed by atoms with Crippen LogP contribution in [0.4, 0.5) is 0 Å². The molecule has 4 rings (SSSR count). The van der Waals surface area contributed by atoms with Crippen LogP contribution in [0.25, 0.3) is 27.8 Å². The van der Waals surface area contributed by atoms with E-state index in [2.05, 4.69) is 67.8 Å². The zero-order chi connectivity index (χ0) is 19.9. The molecule has 1 aromatic heterocycles. The largest absolute Gasteiger partial charge is 0.488 e. The molecule has 0 amide bonds. The van der Waals surface area contributed by atoms with Gasteiger partial charge < -0.3 is 14.6 Å². The second-order valence-corrected chi connectivity index (χ2v) is 8.22. The van der Waals surface area contributed by atoms with Crippen molar-refractivity contribution in [1.29, 1.82) is 0 Å². The van der Waals surface area contributed by atoms with Crippen LogP contribution in [-0.4, -0.2) is 21.7 Å². The van der Waals surface area contributed by atoms with Crippen LogP contribution in [0.15, 0.2) is 78.9 Å². The quantitative estimate of drug-likeness (QED) is 0.530. The zero-order valence-electron chi connectivity index (χ0n) is 16.4. The smallest absolute Gasteiger partial charge is 0.423 e. The van der Waals surface area contributed by atoms with Crippen LogP contribution in [0.2, 0.25) is 0 Å². The van der Waals surface area contributed by atoms with E-state index in [-0.39, 0.29) is 5.41 Å². The standard InChI is InChI=1S/C24H24BNO2/c1-24(2,3)19-9-12-21(13-10-19)26-22-14-11-20(25(27)28)15-18(22)16-23(26)17-7-5-4-6-8-17/h4-16,27-28H,1-3H3. The van der Waals surface area contributed by atoms with Crippen molar-refractivity contribution < 1.29 is 10.0 Å². The van der Waals surface area contributed by atoms with E-state index in [9.17, 15) is 10.0 Å². The molecule has 0 saturated heterocycles. The highest BCUT2D eigenvalue weighted by Crippen LogP contribution is 2.32. The van der Waals surface area contributed by atoms with E-state index < -0.39 is 7.12 Å². The molecule has 4 aromatic rings. The molecule has 0 aliphatic rings. The minimum absolute atomic E-state index is 0.103. The lowest BCUT2D eigenvalue weighted by Crippen LogP contribution is -2.29. The zero-order valence-corrected chi connectivity index (χ0v) is 16.4. The minimum atomic E-state index is -1.47. The van der Waals surface area contributed by atoms with Crippen LogP contribution in [-0.2, 0) is 5.41 Å². The Balaban J connectivity index is 1.95. The summed E-state index contributed by atoms with van der Waals surface area (Å²) in [5.41, 5.74) is 6.19.